The fourth-order valence-electron chi connectivity index (χ4n) is 2.54. The number of amides is 4. The molecule has 0 unspecified atom stereocenters. The molecule has 0 aromatic heterocycles. The van der Waals surface area contributed by atoms with Gasteiger partial charge < -0.3 is 9.84 Å². The third-order valence-electron chi connectivity index (χ3n) is 4.17. The number of carboxylic acids is 1. The van der Waals surface area contributed by atoms with Crippen molar-refractivity contribution in [3.05, 3.63) is 69.8 Å². The average molecular weight is 415 g/mol. The van der Waals surface area contributed by atoms with Gasteiger partial charge in [-0.15, -0.1) is 0 Å². The van der Waals surface area contributed by atoms with Crippen molar-refractivity contribution in [2.45, 2.75) is 6.61 Å². The SMILES string of the molecule is CN1C(=O)NC(=O)/C(=C\c2ccc(OCc3ccc(C(=O)O)cc3)c(Cl)c2)C1=O. The van der Waals surface area contributed by atoms with Crippen LogP contribution in [0, 0.1) is 0 Å². The molecule has 1 aliphatic heterocycles. The van der Waals surface area contributed by atoms with Gasteiger partial charge in [0.1, 0.15) is 17.9 Å². The van der Waals surface area contributed by atoms with Crippen LogP contribution in [-0.2, 0) is 16.2 Å². The van der Waals surface area contributed by atoms with Gasteiger partial charge in [0.25, 0.3) is 11.8 Å². The maximum absolute atomic E-state index is 12.1. The molecule has 1 heterocycles. The molecule has 2 aromatic rings. The molecule has 2 aromatic carbocycles. The summed E-state index contributed by atoms with van der Waals surface area (Å²) in [6.45, 7) is 0.174. The van der Waals surface area contributed by atoms with E-state index in [0.717, 1.165) is 10.5 Å². The second kappa shape index (κ2) is 8.15. The second-order valence-electron chi connectivity index (χ2n) is 6.16. The van der Waals surface area contributed by atoms with Crippen LogP contribution in [0.1, 0.15) is 21.5 Å². The van der Waals surface area contributed by atoms with E-state index in [-0.39, 0.29) is 22.8 Å². The fraction of sp³-hybridized carbons (Fsp3) is 0.100. The molecule has 0 bridgehead atoms. The van der Waals surface area contributed by atoms with Gasteiger partial charge >= 0.3 is 12.0 Å². The van der Waals surface area contributed by atoms with Crippen LogP contribution in [0.15, 0.2) is 48.0 Å². The lowest BCUT2D eigenvalue weighted by atomic mass is 10.1. The van der Waals surface area contributed by atoms with Crippen molar-refractivity contribution in [2.24, 2.45) is 0 Å². The zero-order valence-electron chi connectivity index (χ0n) is 15.1. The zero-order chi connectivity index (χ0) is 21.1. The molecule has 1 aliphatic rings. The van der Waals surface area contributed by atoms with Gasteiger partial charge in [-0.1, -0.05) is 29.8 Å². The number of hydrogen-bond acceptors (Lipinski definition) is 5. The van der Waals surface area contributed by atoms with Gasteiger partial charge in [-0.3, -0.25) is 19.8 Å². The number of benzene rings is 2. The zero-order valence-corrected chi connectivity index (χ0v) is 15.9. The van der Waals surface area contributed by atoms with E-state index in [0.29, 0.717) is 11.3 Å². The van der Waals surface area contributed by atoms with Crippen LogP contribution in [0.5, 0.6) is 5.75 Å². The van der Waals surface area contributed by atoms with Crippen molar-refractivity contribution in [3.8, 4) is 5.75 Å². The highest BCUT2D eigenvalue weighted by atomic mass is 35.5. The Bertz CT molecular complexity index is 1050. The van der Waals surface area contributed by atoms with Gasteiger partial charge in [0.05, 0.1) is 10.6 Å². The molecular weight excluding hydrogens is 400 g/mol. The van der Waals surface area contributed by atoms with E-state index in [2.05, 4.69) is 5.32 Å². The van der Waals surface area contributed by atoms with Crippen molar-refractivity contribution in [2.75, 3.05) is 7.05 Å². The molecule has 1 saturated heterocycles. The number of ether oxygens (including phenoxy) is 1. The number of nitrogens with zero attached hydrogens (tertiary/aromatic N) is 1. The number of barbiturate groups is 1. The lowest BCUT2D eigenvalue weighted by Gasteiger charge is -2.22. The second-order valence-corrected chi connectivity index (χ2v) is 6.57. The van der Waals surface area contributed by atoms with Gasteiger partial charge in [0, 0.05) is 7.05 Å². The number of hydrogen-bond donors (Lipinski definition) is 2. The minimum absolute atomic E-state index is 0.174. The smallest absolute Gasteiger partial charge is 0.335 e. The number of likely N-dealkylation sites (N-methyl/N-ethyl adjacent to an activating group) is 1. The normalized spacial score (nSPS) is 15.4. The van der Waals surface area contributed by atoms with Crippen LogP contribution in [0.25, 0.3) is 6.08 Å². The van der Waals surface area contributed by atoms with Crippen LogP contribution < -0.4 is 10.1 Å². The van der Waals surface area contributed by atoms with Crippen molar-refractivity contribution >= 4 is 41.5 Å². The van der Waals surface area contributed by atoms with Crippen LogP contribution in [0.4, 0.5) is 4.79 Å². The van der Waals surface area contributed by atoms with Gasteiger partial charge in [-0.05, 0) is 41.5 Å². The number of urea groups is 1. The van der Waals surface area contributed by atoms with Crippen LogP contribution in [0.3, 0.4) is 0 Å². The van der Waals surface area contributed by atoms with E-state index in [1.165, 1.54) is 31.3 Å². The molecule has 0 radical (unpaired) electrons. The number of halogens is 1. The monoisotopic (exact) mass is 414 g/mol. The Morgan fingerprint density at radius 2 is 1.86 bits per heavy atom. The maximum Gasteiger partial charge on any atom is 0.335 e. The van der Waals surface area contributed by atoms with E-state index in [4.69, 9.17) is 21.4 Å². The maximum atomic E-state index is 12.1. The fourth-order valence-corrected chi connectivity index (χ4v) is 2.78. The Labute approximate surface area is 170 Å². The van der Waals surface area contributed by atoms with Gasteiger partial charge in [0.15, 0.2) is 0 Å². The number of carboxylic acid groups (broad SMARTS) is 1. The van der Waals surface area contributed by atoms with Gasteiger partial charge in [-0.2, -0.15) is 0 Å². The van der Waals surface area contributed by atoms with Crippen molar-refractivity contribution in [1.82, 2.24) is 10.2 Å². The Hall–Kier alpha value is -3.65. The Morgan fingerprint density at radius 3 is 2.48 bits per heavy atom. The molecule has 1 fully saturated rings. The van der Waals surface area contributed by atoms with Crippen LogP contribution in [-0.4, -0.2) is 40.9 Å². The first-order valence-electron chi connectivity index (χ1n) is 8.36. The molecule has 0 spiro atoms. The summed E-state index contributed by atoms with van der Waals surface area (Å²) in [5, 5.41) is 11.2. The van der Waals surface area contributed by atoms with E-state index in [9.17, 15) is 19.2 Å². The first-order chi connectivity index (χ1) is 13.8. The predicted molar refractivity (Wildman–Crippen MR) is 103 cm³/mol. The number of rotatable bonds is 5. The molecule has 0 atom stereocenters. The Kier molecular flexibility index (Phi) is 5.65. The molecule has 148 valence electrons. The first-order valence-corrected chi connectivity index (χ1v) is 8.73. The number of imide groups is 2. The summed E-state index contributed by atoms with van der Waals surface area (Å²) in [5.74, 6) is -2.12. The summed E-state index contributed by atoms with van der Waals surface area (Å²) in [4.78, 5) is 47.1. The molecule has 4 amide bonds. The van der Waals surface area contributed by atoms with Gasteiger partial charge in [0.2, 0.25) is 0 Å². The largest absolute Gasteiger partial charge is 0.487 e. The summed E-state index contributed by atoms with van der Waals surface area (Å²) < 4.78 is 5.64. The highest BCUT2D eigenvalue weighted by Gasteiger charge is 2.32. The number of carbonyl (C=O) groups is 4. The average Bonchev–Trinajstić information content (AvgIpc) is 2.69. The predicted octanol–water partition coefficient (Wildman–Crippen LogP) is 2.71. The summed E-state index contributed by atoms with van der Waals surface area (Å²) in [6, 6.07) is 10.2. The molecule has 9 heteroatoms. The summed E-state index contributed by atoms with van der Waals surface area (Å²) in [6.07, 6.45) is 1.33. The molecular formula is C20H15ClN2O6. The van der Waals surface area contributed by atoms with E-state index in [1.54, 1.807) is 24.3 Å². The first kappa shape index (κ1) is 20.1. The van der Waals surface area contributed by atoms with E-state index >= 15 is 0 Å². The number of nitrogens with one attached hydrogen (secondary N) is 1. The molecule has 0 aliphatic carbocycles. The van der Waals surface area contributed by atoms with E-state index in [1.807, 2.05) is 0 Å². The minimum atomic E-state index is -1.01. The third-order valence-corrected chi connectivity index (χ3v) is 4.46. The standard InChI is InChI=1S/C20H15ClN2O6/c1-23-18(25)14(17(24)22-20(23)28)8-12-4-7-16(15(21)9-12)29-10-11-2-5-13(6-3-11)19(26)27/h2-9H,10H2,1H3,(H,26,27)(H,22,24,28)/b14-8+. The lowest BCUT2D eigenvalue weighted by Crippen LogP contribution is -2.52. The highest BCUT2D eigenvalue weighted by molar-refractivity contribution is 6.33. The van der Waals surface area contributed by atoms with Gasteiger partial charge in [-0.25, -0.2) is 9.59 Å². The molecule has 29 heavy (non-hydrogen) atoms. The Morgan fingerprint density at radius 1 is 1.17 bits per heavy atom. The topological polar surface area (TPSA) is 113 Å². The molecule has 3 rings (SSSR count). The summed E-state index contributed by atoms with van der Waals surface area (Å²) in [7, 11) is 1.27. The minimum Gasteiger partial charge on any atom is -0.487 e. The van der Waals surface area contributed by atoms with Crippen molar-refractivity contribution in [1.29, 1.82) is 0 Å². The summed E-state index contributed by atoms with van der Waals surface area (Å²) in [5.41, 5.74) is 1.23. The highest BCUT2D eigenvalue weighted by Crippen LogP contribution is 2.27. The number of carbonyl (C=O) groups excluding carboxylic acids is 3. The molecule has 8 nitrogen and oxygen atoms in total. The van der Waals surface area contributed by atoms with Crippen LogP contribution in [0.2, 0.25) is 5.02 Å². The molecule has 0 saturated carbocycles. The lowest BCUT2D eigenvalue weighted by molar-refractivity contribution is -0.129. The van der Waals surface area contributed by atoms with Crippen molar-refractivity contribution < 1.29 is 29.0 Å². The Balaban J connectivity index is 1.73. The quantitative estimate of drug-likeness (QED) is 0.574. The molecule has 2 N–H and O–H groups in total. The number of aromatic carboxylic acids is 1. The van der Waals surface area contributed by atoms with Crippen molar-refractivity contribution in [3.63, 3.8) is 0 Å². The third kappa shape index (κ3) is 4.44. The van der Waals surface area contributed by atoms with E-state index < -0.39 is 23.8 Å². The van der Waals surface area contributed by atoms with Crippen LogP contribution >= 0.6 is 11.6 Å². The summed E-state index contributed by atoms with van der Waals surface area (Å²) >= 11 is 6.22.